The van der Waals surface area contributed by atoms with Gasteiger partial charge in [0.05, 0.1) is 26.7 Å². The van der Waals surface area contributed by atoms with Gasteiger partial charge in [0.1, 0.15) is 0 Å². The Balaban J connectivity index is 1.54. The topological polar surface area (TPSA) is 113 Å². The van der Waals surface area contributed by atoms with E-state index < -0.39 is 26.0 Å². The van der Waals surface area contributed by atoms with Crippen molar-refractivity contribution in [2.45, 2.75) is 16.7 Å². The number of hydrogen-bond donors (Lipinski definition) is 2. The van der Waals surface area contributed by atoms with E-state index in [2.05, 4.69) is 10.0 Å². The Labute approximate surface area is 227 Å². The molecule has 0 heterocycles. The van der Waals surface area contributed by atoms with Crippen LogP contribution in [0.5, 0.6) is 0 Å². The lowest BCUT2D eigenvalue weighted by Crippen LogP contribution is -2.29. The number of carbonyl (C=O) groups is 1. The molecule has 1 amide bonds. The van der Waals surface area contributed by atoms with Crippen molar-refractivity contribution < 1.29 is 21.6 Å². The summed E-state index contributed by atoms with van der Waals surface area (Å²) in [5.74, 6) is -0.556. The summed E-state index contributed by atoms with van der Waals surface area (Å²) in [5.41, 5.74) is 1.61. The number of rotatable bonds is 8. The lowest BCUT2D eigenvalue weighted by atomic mass is 10.1. The van der Waals surface area contributed by atoms with Gasteiger partial charge in [0.25, 0.3) is 26.0 Å². The van der Waals surface area contributed by atoms with Gasteiger partial charge >= 0.3 is 0 Å². The van der Waals surface area contributed by atoms with Crippen molar-refractivity contribution in [3.8, 4) is 0 Å². The molecule has 196 valence electrons. The van der Waals surface area contributed by atoms with Gasteiger partial charge in [-0.2, -0.15) is 0 Å². The third-order valence-electron chi connectivity index (χ3n) is 5.82. The van der Waals surface area contributed by atoms with Crippen LogP contribution in [-0.4, -0.2) is 29.8 Å². The highest BCUT2D eigenvalue weighted by molar-refractivity contribution is 7.93. The molecule has 2 N–H and O–H groups in total. The van der Waals surface area contributed by atoms with Crippen molar-refractivity contribution in [1.82, 2.24) is 0 Å². The molecule has 4 rings (SSSR count). The minimum atomic E-state index is -3.91. The van der Waals surface area contributed by atoms with Gasteiger partial charge in [-0.3, -0.25) is 13.8 Å². The normalized spacial score (nSPS) is 11.6. The van der Waals surface area contributed by atoms with Gasteiger partial charge in [0.2, 0.25) is 0 Å². The van der Waals surface area contributed by atoms with E-state index >= 15 is 0 Å². The Morgan fingerprint density at radius 1 is 0.763 bits per heavy atom. The minimum Gasteiger partial charge on any atom is -0.322 e. The monoisotopic (exact) mass is 569 g/mol. The first-order valence-electron chi connectivity index (χ1n) is 11.3. The summed E-state index contributed by atoms with van der Waals surface area (Å²) in [6, 6.07) is 24.8. The molecule has 0 aromatic heterocycles. The summed E-state index contributed by atoms with van der Waals surface area (Å²) in [7, 11) is -6.43. The number of benzene rings is 4. The maximum Gasteiger partial charge on any atom is 0.264 e. The molecule has 0 radical (unpaired) electrons. The third kappa shape index (κ3) is 5.67. The van der Waals surface area contributed by atoms with Gasteiger partial charge in [0.15, 0.2) is 0 Å². The maximum atomic E-state index is 13.1. The molecule has 38 heavy (non-hydrogen) atoms. The predicted octanol–water partition coefficient (Wildman–Crippen LogP) is 5.53. The minimum absolute atomic E-state index is 0.0102. The molecule has 0 aliphatic carbocycles. The predicted molar refractivity (Wildman–Crippen MR) is 150 cm³/mol. The SMILES string of the molecule is Cc1c(Cl)cccc1NS(=O)(=O)c1ccc(NC(=O)c2ccccc2N(C)S(=O)(=O)c2ccccc2)cc1. The Morgan fingerprint density at radius 2 is 1.39 bits per heavy atom. The Morgan fingerprint density at radius 3 is 2.08 bits per heavy atom. The standard InChI is InChI=1S/C27H24ClN3O5S2/c1-19-24(28)12-8-13-25(19)30-37(33,34)21-17-15-20(16-18-21)29-27(32)23-11-6-7-14-26(23)31(2)38(35,36)22-9-4-3-5-10-22/h3-18,30H,1-2H3,(H,29,32). The molecule has 0 fully saturated rings. The van der Waals surface area contributed by atoms with Crippen molar-refractivity contribution in [1.29, 1.82) is 0 Å². The number of sulfonamides is 2. The van der Waals surface area contributed by atoms with Crippen molar-refractivity contribution in [3.05, 3.63) is 113 Å². The van der Waals surface area contributed by atoms with E-state index in [0.29, 0.717) is 22.0 Å². The van der Waals surface area contributed by atoms with Crippen molar-refractivity contribution >= 4 is 54.6 Å². The first kappa shape index (κ1) is 27.2. The highest BCUT2D eigenvalue weighted by Gasteiger charge is 2.25. The molecule has 0 saturated carbocycles. The van der Waals surface area contributed by atoms with Crippen LogP contribution in [0.3, 0.4) is 0 Å². The molecule has 4 aromatic rings. The molecule has 11 heteroatoms. The second-order valence-electron chi connectivity index (χ2n) is 8.30. The molecule has 0 unspecified atom stereocenters. The molecule has 0 atom stereocenters. The molecular weight excluding hydrogens is 546 g/mol. The Hall–Kier alpha value is -3.86. The van der Waals surface area contributed by atoms with Crippen LogP contribution in [0.1, 0.15) is 15.9 Å². The summed E-state index contributed by atoms with van der Waals surface area (Å²) in [6.07, 6.45) is 0. The van der Waals surface area contributed by atoms with Gasteiger partial charge in [-0.25, -0.2) is 16.8 Å². The van der Waals surface area contributed by atoms with E-state index in [1.165, 1.54) is 55.6 Å². The number of hydrogen-bond acceptors (Lipinski definition) is 5. The van der Waals surface area contributed by atoms with Gasteiger partial charge < -0.3 is 5.32 Å². The molecule has 0 aliphatic rings. The number of halogens is 1. The Kier molecular flexibility index (Phi) is 7.77. The van der Waals surface area contributed by atoms with E-state index in [1.807, 2.05) is 0 Å². The van der Waals surface area contributed by atoms with Crippen molar-refractivity contribution in [2.24, 2.45) is 0 Å². The zero-order valence-corrected chi connectivity index (χ0v) is 22.8. The fourth-order valence-electron chi connectivity index (χ4n) is 3.66. The zero-order chi connectivity index (χ0) is 27.5. The molecule has 0 saturated heterocycles. The van der Waals surface area contributed by atoms with Crippen LogP contribution in [0.2, 0.25) is 5.02 Å². The van der Waals surface area contributed by atoms with Crippen molar-refractivity contribution in [2.75, 3.05) is 21.4 Å². The van der Waals surface area contributed by atoms with Crippen LogP contribution in [0.4, 0.5) is 17.1 Å². The number of anilines is 3. The van der Waals surface area contributed by atoms with E-state index in [0.717, 1.165) is 4.31 Å². The van der Waals surface area contributed by atoms with Crippen LogP contribution in [0.25, 0.3) is 0 Å². The highest BCUT2D eigenvalue weighted by atomic mass is 35.5. The van der Waals surface area contributed by atoms with Gasteiger partial charge in [-0.05, 0) is 73.2 Å². The maximum absolute atomic E-state index is 13.1. The number of nitrogens with one attached hydrogen (secondary N) is 2. The smallest absolute Gasteiger partial charge is 0.264 e. The lowest BCUT2D eigenvalue weighted by Gasteiger charge is -2.22. The lowest BCUT2D eigenvalue weighted by molar-refractivity contribution is 0.102. The summed E-state index contributed by atoms with van der Waals surface area (Å²) < 4.78 is 55.4. The average molecular weight is 570 g/mol. The molecule has 0 bridgehead atoms. The Bertz CT molecular complexity index is 1690. The molecule has 8 nitrogen and oxygen atoms in total. The largest absolute Gasteiger partial charge is 0.322 e. The zero-order valence-electron chi connectivity index (χ0n) is 20.4. The van der Waals surface area contributed by atoms with E-state index in [-0.39, 0.29) is 21.0 Å². The fourth-order valence-corrected chi connectivity index (χ4v) is 6.19. The summed E-state index contributed by atoms with van der Waals surface area (Å²) >= 11 is 6.08. The van der Waals surface area contributed by atoms with Crippen LogP contribution < -0.4 is 14.3 Å². The van der Waals surface area contributed by atoms with Crippen LogP contribution >= 0.6 is 11.6 Å². The average Bonchev–Trinajstić information content (AvgIpc) is 2.91. The summed E-state index contributed by atoms with van der Waals surface area (Å²) in [5, 5.41) is 3.13. The number of amides is 1. The molecule has 0 spiro atoms. The van der Waals surface area contributed by atoms with Gasteiger partial charge in [0, 0.05) is 17.8 Å². The first-order chi connectivity index (χ1) is 18.0. The number of nitrogens with zero attached hydrogens (tertiary/aromatic N) is 1. The highest BCUT2D eigenvalue weighted by Crippen LogP contribution is 2.28. The molecule has 4 aromatic carbocycles. The molecular formula is C27H24ClN3O5S2. The van der Waals surface area contributed by atoms with E-state index in [4.69, 9.17) is 11.6 Å². The third-order valence-corrected chi connectivity index (χ3v) is 9.40. The quantitative estimate of drug-likeness (QED) is 0.290. The summed E-state index contributed by atoms with van der Waals surface area (Å²) in [4.78, 5) is 13.2. The van der Waals surface area contributed by atoms with Gasteiger partial charge in [-0.15, -0.1) is 0 Å². The second kappa shape index (κ2) is 10.9. The van der Waals surface area contributed by atoms with Crippen LogP contribution in [0.15, 0.2) is 107 Å². The fraction of sp³-hybridized carbons (Fsp3) is 0.0741. The van der Waals surface area contributed by atoms with Crippen LogP contribution in [-0.2, 0) is 20.0 Å². The van der Waals surface area contributed by atoms with E-state index in [1.54, 1.807) is 55.5 Å². The van der Waals surface area contributed by atoms with Crippen LogP contribution in [0, 0.1) is 6.92 Å². The summed E-state index contributed by atoms with van der Waals surface area (Å²) in [6.45, 7) is 1.71. The molecule has 0 aliphatic heterocycles. The van der Waals surface area contributed by atoms with E-state index in [9.17, 15) is 21.6 Å². The first-order valence-corrected chi connectivity index (χ1v) is 14.6. The van der Waals surface area contributed by atoms with Gasteiger partial charge in [-0.1, -0.05) is 48.0 Å². The second-order valence-corrected chi connectivity index (χ2v) is 12.4. The van der Waals surface area contributed by atoms with Crippen molar-refractivity contribution in [3.63, 3.8) is 0 Å². The number of carbonyl (C=O) groups excluding carboxylic acids is 1. The number of para-hydroxylation sites is 1.